The van der Waals surface area contributed by atoms with Gasteiger partial charge in [-0.05, 0) is 44.7 Å². The van der Waals surface area contributed by atoms with Gasteiger partial charge >= 0.3 is 0 Å². The lowest BCUT2D eigenvalue weighted by Gasteiger charge is -2.39. The topological polar surface area (TPSA) is 25.4 Å². The second-order valence-corrected chi connectivity index (χ2v) is 5.37. The number of pyridine rings is 1. The zero-order chi connectivity index (χ0) is 12.8. The average Bonchev–Trinajstić information content (AvgIpc) is 2.33. The molecule has 1 fully saturated rings. The molecule has 0 radical (unpaired) electrons. The predicted octanol–water partition coefficient (Wildman–Crippen LogP) is 3.62. The van der Waals surface area contributed by atoms with Crippen molar-refractivity contribution in [3.05, 3.63) is 18.3 Å². The third-order valence-corrected chi connectivity index (χ3v) is 3.93. The first-order chi connectivity index (χ1) is 8.86. The van der Waals surface area contributed by atoms with Crippen molar-refractivity contribution < 1.29 is 4.74 Å². The Morgan fingerprint density at radius 3 is 2.94 bits per heavy atom. The van der Waals surface area contributed by atoms with Crippen molar-refractivity contribution >= 4 is 21.7 Å². The maximum atomic E-state index is 5.70. The summed E-state index contributed by atoms with van der Waals surface area (Å²) in [6, 6.07) is 4.61. The monoisotopic (exact) mass is 312 g/mol. The van der Waals surface area contributed by atoms with E-state index in [1.165, 1.54) is 19.3 Å². The number of halogens is 1. The third-order valence-electron chi connectivity index (χ3n) is 3.37. The SMILES string of the molecule is CCOc1cccnc1N(CCCBr)C1CCC1. The van der Waals surface area contributed by atoms with Gasteiger partial charge in [0.25, 0.3) is 0 Å². The molecular weight excluding hydrogens is 292 g/mol. The summed E-state index contributed by atoms with van der Waals surface area (Å²) in [4.78, 5) is 6.97. The zero-order valence-electron chi connectivity index (χ0n) is 10.9. The zero-order valence-corrected chi connectivity index (χ0v) is 12.5. The fraction of sp³-hybridized carbons (Fsp3) is 0.643. The Balaban J connectivity index is 2.17. The third kappa shape index (κ3) is 3.16. The number of alkyl halides is 1. The summed E-state index contributed by atoms with van der Waals surface area (Å²) in [6.45, 7) is 3.76. The van der Waals surface area contributed by atoms with Crippen LogP contribution in [-0.4, -0.2) is 29.5 Å². The number of aromatic nitrogens is 1. The molecule has 0 saturated heterocycles. The van der Waals surface area contributed by atoms with Crippen LogP contribution in [-0.2, 0) is 0 Å². The van der Waals surface area contributed by atoms with Gasteiger partial charge in [-0.15, -0.1) is 0 Å². The van der Waals surface area contributed by atoms with E-state index >= 15 is 0 Å². The van der Waals surface area contributed by atoms with E-state index in [4.69, 9.17) is 4.74 Å². The average molecular weight is 313 g/mol. The number of hydrogen-bond acceptors (Lipinski definition) is 3. The minimum Gasteiger partial charge on any atom is -0.490 e. The first-order valence-corrected chi connectivity index (χ1v) is 7.89. The molecule has 3 nitrogen and oxygen atoms in total. The van der Waals surface area contributed by atoms with Crippen LogP contribution in [0.3, 0.4) is 0 Å². The van der Waals surface area contributed by atoms with Crippen molar-refractivity contribution in [3.8, 4) is 5.75 Å². The molecule has 0 amide bonds. The highest BCUT2D eigenvalue weighted by atomic mass is 79.9. The van der Waals surface area contributed by atoms with E-state index in [1.807, 2.05) is 25.3 Å². The smallest absolute Gasteiger partial charge is 0.171 e. The maximum Gasteiger partial charge on any atom is 0.171 e. The summed E-state index contributed by atoms with van der Waals surface area (Å²) in [7, 11) is 0. The summed E-state index contributed by atoms with van der Waals surface area (Å²) < 4.78 is 5.70. The van der Waals surface area contributed by atoms with Crippen LogP contribution in [0.4, 0.5) is 5.82 Å². The van der Waals surface area contributed by atoms with Gasteiger partial charge in [0.2, 0.25) is 0 Å². The van der Waals surface area contributed by atoms with Crippen LogP contribution in [0.1, 0.15) is 32.6 Å². The van der Waals surface area contributed by atoms with Crippen molar-refractivity contribution in [1.29, 1.82) is 0 Å². The van der Waals surface area contributed by atoms with Crippen molar-refractivity contribution in [2.24, 2.45) is 0 Å². The lowest BCUT2D eigenvalue weighted by atomic mass is 9.91. The van der Waals surface area contributed by atoms with E-state index in [-0.39, 0.29) is 0 Å². The first kappa shape index (κ1) is 13.7. The van der Waals surface area contributed by atoms with E-state index in [2.05, 4.69) is 25.8 Å². The van der Waals surface area contributed by atoms with Crippen LogP contribution < -0.4 is 9.64 Å². The molecule has 1 aromatic heterocycles. The molecule has 1 aliphatic carbocycles. The number of ether oxygens (including phenoxy) is 1. The fourth-order valence-electron chi connectivity index (χ4n) is 2.26. The summed E-state index contributed by atoms with van der Waals surface area (Å²) in [5, 5.41) is 1.03. The summed E-state index contributed by atoms with van der Waals surface area (Å²) in [5.74, 6) is 1.94. The minimum atomic E-state index is 0.651. The van der Waals surface area contributed by atoms with Crippen molar-refractivity contribution in [1.82, 2.24) is 4.98 Å². The number of hydrogen-bond donors (Lipinski definition) is 0. The van der Waals surface area contributed by atoms with Crippen molar-refractivity contribution in [3.63, 3.8) is 0 Å². The molecule has 0 unspecified atom stereocenters. The molecule has 18 heavy (non-hydrogen) atoms. The molecule has 0 spiro atoms. The number of rotatable bonds is 7. The van der Waals surface area contributed by atoms with Crippen molar-refractivity contribution in [2.75, 3.05) is 23.4 Å². The van der Waals surface area contributed by atoms with Gasteiger partial charge in [0.15, 0.2) is 11.6 Å². The molecule has 1 aliphatic rings. The Kier molecular flexibility index (Phi) is 5.29. The van der Waals surface area contributed by atoms with Crippen LogP contribution in [0.25, 0.3) is 0 Å². The summed E-state index contributed by atoms with van der Waals surface area (Å²) in [6.07, 6.45) is 6.90. The van der Waals surface area contributed by atoms with Gasteiger partial charge in [-0.2, -0.15) is 0 Å². The molecule has 0 bridgehead atoms. The van der Waals surface area contributed by atoms with Crippen LogP contribution in [0.2, 0.25) is 0 Å². The second-order valence-electron chi connectivity index (χ2n) is 4.58. The molecular formula is C14H21BrN2O. The van der Waals surface area contributed by atoms with Gasteiger partial charge in [0, 0.05) is 24.1 Å². The Labute approximate surface area is 118 Å². The van der Waals surface area contributed by atoms with Gasteiger partial charge in [-0.25, -0.2) is 4.98 Å². The van der Waals surface area contributed by atoms with Crippen LogP contribution in [0, 0.1) is 0 Å². The largest absolute Gasteiger partial charge is 0.490 e. The van der Waals surface area contributed by atoms with E-state index in [9.17, 15) is 0 Å². The number of nitrogens with zero attached hydrogens (tertiary/aromatic N) is 2. The molecule has 4 heteroatoms. The second kappa shape index (κ2) is 6.98. The molecule has 0 atom stereocenters. The van der Waals surface area contributed by atoms with E-state index in [0.717, 1.165) is 29.9 Å². The van der Waals surface area contributed by atoms with Gasteiger partial charge in [0.1, 0.15) is 0 Å². The highest BCUT2D eigenvalue weighted by Crippen LogP contribution is 2.33. The Morgan fingerprint density at radius 1 is 1.50 bits per heavy atom. The van der Waals surface area contributed by atoms with Gasteiger partial charge in [-0.3, -0.25) is 0 Å². The van der Waals surface area contributed by atoms with Crippen molar-refractivity contribution in [2.45, 2.75) is 38.6 Å². The molecule has 1 aromatic rings. The van der Waals surface area contributed by atoms with E-state index < -0.39 is 0 Å². The summed E-state index contributed by atoms with van der Waals surface area (Å²) >= 11 is 3.51. The molecule has 2 rings (SSSR count). The van der Waals surface area contributed by atoms with Gasteiger partial charge in [0.05, 0.1) is 6.61 Å². The number of anilines is 1. The Bertz CT molecular complexity index is 369. The highest BCUT2D eigenvalue weighted by molar-refractivity contribution is 9.09. The summed E-state index contributed by atoms with van der Waals surface area (Å²) in [5.41, 5.74) is 0. The standard InChI is InChI=1S/C14H21BrN2O/c1-2-18-13-8-4-10-16-14(13)17(11-5-9-15)12-6-3-7-12/h4,8,10,12H,2-3,5-7,9,11H2,1H3. The molecule has 0 N–H and O–H groups in total. The molecule has 1 heterocycles. The lowest BCUT2D eigenvalue weighted by Crippen LogP contribution is -2.41. The highest BCUT2D eigenvalue weighted by Gasteiger charge is 2.27. The molecule has 0 aromatic carbocycles. The van der Waals surface area contributed by atoms with Crippen LogP contribution in [0.5, 0.6) is 5.75 Å². The normalized spacial score (nSPS) is 15.2. The molecule has 100 valence electrons. The first-order valence-electron chi connectivity index (χ1n) is 6.77. The van der Waals surface area contributed by atoms with E-state index in [0.29, 0.717) is 12.6 Å². The lowest BCUT2D eigenvalue weighted by molar-refractivity contribution is 0.331. The van der Waals surface area contributed by atoms with Crippen LogP contribution in [0.15, 0.2) is 18.3 Å². The predicted molar refractivity (Wildman–Crippen MR) is 78.8 cm³/mol. The minimum absolute atomic E-state index is 0.651. The van der Waals surface area contributed by atoms with Gasteiger partial charge < -0.3 is 9.64 Å². The Morgan fingerprint density at radius 2 is 2.33 bits per heavy atom. The Hall–Kier alpha value is -0.770. The quantitative estimate of drug-likeness (QED) is 0.719. The molecule has 0 aliphatic heterocycles. The maximum absolute atomic E-state index is 5.70. The van der Waals surface area contributed by atoms with E-state index in [1.54, 1.807) is 0 Å². The van der Waals surface area contributed by atoms with Gasteiger partial charge in [-0.1, -0.05) is 15.9 Å². The fourth-order valence-corrected chi connectivity index (χ4v) is 2.51. The van der Waals surface area contributed by atoms with Crippen LogP contribution >= 0.6 is 15.9 Å². The molecule has 1 saturated carbocycles.